The molecule has 1 fully saturated rings. The second kappa shape index (κ2) is 5.17. The van der Waals surface area contributed by atoms with Crippen LogP contribution >= 0.6 is 38.9 Å². The summed E-state index contributed by atoms with van der Waals surface area (Å²) in [4.78, 5) is 0. The van der Waals surface area contributed by atoms with Crippen LogP contribution in [0.1, 0.15) is 18.4 Å². The van der Waals surface area contributed by atoms with Crippen molar-refractivity contribution >= 4 is 48.9 Å². The van der Waals surface area contributed by atoms with Crippen LogP contribution in [-0.2, 0) is 10.0 Å². The molecule has 3 nitrogen and oxygen atoms in total. The molecule has 0 unspecified atom stereocenters. The first-order chi connectivity index (χ1) is 7.88. The predicted molar refractivity (Wildman–Crippen MR) is 74.3 cm³/mol. The number of alkyl halides is 1. The Balaban J connectivity index is 1.99. The van der Waals surface area contributed by atoms with Gasteiger partial charge < -0.3 is 0 Å². The molecule has 1 aliphatic carbocycles. The van der Waals surface area contributed by atoms with Gasteiger partial charge in [-0.1, -0.05) is 0 Å². The zero-order valence-electron chi connectivity index (χ0n) is 9.24. The molecular weight excluding hydrogens is 346 g/mol. The molecular formula is C10H13BrClNO2S2. The summed E-state index contributed by atoms with van der Waals surface area (Å²) in [6, 6.07) is 1.68. The Hall–Kier alpha value is 0.380. The molecule has 1 aliphatic rings. The number of thiophene rings is 1. The van der Waals surface area contributed by atoms with Crippen LogP contribution in [0.2, 0.25) is 0 Å². The van der Waals surface area contributed by atoms with E-state index < -0.39 is 10.0 Å². The van der Waals surface area contributed by atoms with Crippen molar-refractivity contribution in [1.82, 2.24) is 4.72 Å². The Kier molecular flexibility index (Phi) is 4.20. The molecule has 96 valence electrons. The van der Waals surface area contributed by atoms with Crippen molar-refractivity contribution in [2.24, 2.45) is 5.92 Å². The van der Waals surface area contributed by atoms with E-state index in [0.717, 1.165) is 22.2 Å². The third kappa shape index (κ3) is 3.23. The van der Waals surface area contributed by atoms with Gasteiger partial charge in [-0.3, -0.25) is 0 Å². The molecule has 1 aromatic heterocycles. The topological polar surface area (TPSA) is 46.2 Å². The molecule has 0 saturated heterocycles. The summed E-state index contributed by atoms with van der Waals surface area (Å²) >= 11 is 10.4. The second-order valence-electron chi connectivity index (χ2n) is 4.31. The molecule has 0 aromatic carbocycles. The molecule has 1 saturated carbocycles. The summed E-state index contributed by atoms with van der Waals surface area (Å²) in [5, 5.41) is 0.225. The molecule has 7 heteroatoms. The fourth-order valence-corrected chi connectivity index (χ4v) is 5.57. The minimum Gasteiger partial charge on any atom is -0.210 e. The Morgan fingerprint density at radius 1 is 1.59 bits per heavy atom. The van der Waals surface area contributed by atoms with Gasteiger partial charge >= 0.3 is 0 Å². The molecule has 2 rings (SSSR count). The van der Waals surface area contributed by atoms with Crippen molar-refractivity contribution in [2.45, 2.75) is 29.4 Å². The summed E-state index contributed by atoms with van der Waals surface area (Å²) in [5.41, 5.74) is 0.944. The summed E-state index contributed by atoms with van der Waals surface area (Å²) < 4.78 is 27.8. The molecule has 0 bridgehead atoms. The van der Waals surface area contributed by atoms with Gasteiger partial charge in [-0.05, 0) is 53.2 Å². The highest BCUT2D eigenvalue weighted by molar-refractivity contribution is 9.11. The number of aryl methyl sites for hydroxylation is 1. The van der Waals surface area contributed by atoms with Crippen molar-refractivity contribution in [3.63, 3.8) is 0 Å². The van der Waals surface area contributed by atoms with Crippen LogP contribution in [0.25, 0.3) is 0 Å². The first-order valence-electron chi connectivity index (χ1n) is 5.28. The van der Waals surface area contributed by atoms with E-state index in [0.29, 0.717) is 16.7 Å². The van der Waals surface area contributed by atoms with E-state index in [1.54, 1.807) is 6.07 Å². The molecule has 0 spiro atoms. The average molecular weight is 359 g/mol. The maximum absolute atomic E-state index is 12.0. The third-order valence-electron chi connectivity index (χ3n) is 2.84. The lowest BCUT2D eigenvalue weighted by atomic mass is 9.85. The lowest BCUT2D eigenvalue weighted by Crippen LogP contribution is -2.36. The van der Waals surface area contributed by atoms with Gasteiger partial charge in [0.25, 0.3) is 0 Å². The van der Waals surface area contributed by atoms with Crippen LogP contribution in [-0.4, -0.2) is 20.3 Å². The number of rotatable bonds is 4. The minimum atomic E-state index is -3.36. The fourth-order valence-electron chi connectivity index (χ4n) is 1.68. The van der Waals surface area contributed by atoms with Crippen LogP contribution in [0.15, 0.2) is 14.1 Å². The smallest absolute Gasteiger partial charge is 0.210 e. The standard InChI is InChI=1S/C10H13BrClNO2S2/c1-6-2-9(16-10(6)11)17(14,15)13-5-7-3-8(12)4-7/h2,7-8,13H,3-5H2,1H3. The van der Waals surface area contributed by atoms with Crippen molar-refractivity contribution in [3.05, 3.63) is 15.4 Å². The molecule has 1 heterocycles. The summed E-state index contributed by atoms with van der Waals surface area (Å²) in [6.45, 7) is 2.36. The van der Waals surface area contributed by atoms with E-state index in [2.05, 4.69) is 20.7 Å². The highest BCUT2D eigenvalue weighted by atomic mass is 79.9. The summed E-state index contributed by atoms with van der Waals surface area (Å²) in [5.74, 6) is 0.386. The number of halogens is 2. The van der Waals surface area contributed by atoms with Gasteiger partial charge in [0.05, 0.1) is 3.79 Å². The minimum absolute atomic E-state index is 0.225. The SMILES string of the molecule is Cc1cc(S(=O)(=O)NCC2CC(Cl)C2)sc1Br. The van der Waals surface area contributed by atoms with Crippen LogP contribution < -0.4 is 4.72 Å². The second-order valence-corrected chi connectivity index (χ2v) is 9.29. The Bertz CT molecular complexity index is 489. The average Bonchev–Trinajstić information content (AvgIpc) is 2.53. The first-order valence-corrected chi connectivity index (χ1v) is 8.81. The van der Waals surface area contributed by atoms with E-state index in [-0.39, 0.29) is 5.38 Å². The zero-order valence-corrected chi connectivity index (χ0v) is 13.2. The highest BCUT2D eigenvalue weighted by Gasteiger charge is 2.29. The van der Waals surface area contributed by atoms with Gasteiger partial charge in [0, 0.05) is 11.9 Å². The normalized spacial score (nSPS) is 24.6. The lowest BCUT2D eigenvalue weighted by molar-refractivity contribution is 0.324. The van der Waals surface area contributed by atoms with Crippen LogP contribution in [0.3, 0.4) is 0 Å². The van der Waals surface area contributed by atoms with Crippen LogP contribution in [0.5, 0.6) is 0 Å². The summed E-state index contributed by atoms with van der Waals surface area (Å²) in [6.07, 6.45) is 1.80. The van der Waals surface area contributed by atoms with E-state index in [1.807, 2.05) is 6.92 Å². The monoisotopic (exact) mass is 357 g/mol. The first kappa shape index (κ1) is 13.8. The van der Waals surface area contributed by atoms with Crippen LogP contribution in [0.4, 0.5) is 0 Å². The van der Waals surface area contributed by atoms with Gasteiger partial charge in [0.1, 0.15) is 4.21 Å². The molecule has 17 heavy (non-hydrogen) atoms. The molecule has 0 amide bonds. The molecule has 0 atom stereocenters. The van der Waals surface area contributed by atoms with Gasteiger partial charge in [0.15, 0.2) is 0 Å². The lowest BCUT2D eigenvalue weighted by Gasteiger charge is -2.30. The maximum Gasteiger partial charge on any atom is 0.250 e. The highest BCUT2D eigenvalue weighted by Crippen LogP contribution is 2.33. The van der Waals surface area contributed by atoms with Gasteiger partial charge in [-0.2, -0.15) is 0 Å². The van der Waals surface area contributed by atoms with Crippen molar-refractivity contribution in [1.29, 1.82) is 0 Å². The van der Waals surface area contributed by atoms with E-state index in [4.69, 9.17) is 11.6 Å². The molecule has 1 N–H and O–H groups in total. The Morgan fingerprint density at radius 2 is 2.24 bits per heavy atom. The van der Waals surface area contributed by atoms with E-state index in [1.165, 1.54) is 11.3 Å². The summed E-state index contributed by atoms with van der Waals surface area (Å²) in [7, 11) is -3.36. The van der Waals surface area contributed by atoms with Gasteiger partial charge in [-0.15, -0.1) is 22.9 Å². The van der Waals surface area contributed by atoms with E-state index in [9.17, 15) is 8.42 Å². The van der Waals surface area contributed by atoms with E-state index >= 15 is 0 Å². The number of sulfonamides is 1. The van der Waals surface area contributed by atoms with Crippen molar-refractivity contribution in [3.8, 4) is 0 Å². The molecule has 1 aromatic rings. The number of nitrogens with one attached hydrogen (secondary N) is 1. The fraction of sp³-hybridized carbons (Fsp3) is 0.600. The molecule has 0 radical (unpaired) electrons. The third-order valence-corrected chi connectivity index (χ3v) is 7.23. The molecule has 0 aliphatic heterocycles. The Labute approximate surface area is 119 Å². The largest absolute Gasteiger partial charge is 0.250 e. The zero-order chi connectivity index (χ0) is 12.6. The van der Waals surface area contributed by atoms with Gasteiger partial charge in [0.2, 0.25) is 10.0 Å². The Morgan fingerprint density at radius 3 is 2.71 bits per heavy atom. The number of hydrogen-bond donors (Lipinski definition) is 1. The van der Waals surface area contributed by atoms with Crippen molar-refractivity contribution < 1.29 is 8.42 Å². The van der Waals surface area contributed by atoms with Gasteiger partial charge in [-0.25, -0.2) is 13.1 Å². The maximum atomic E-state index is 12.0. The number of hydrogen-bond acceptors (Lipinski definition) is 3. The predicted octanol–water partition coefficient (Wildman–Crippen LogP) is 3.11. The van der Waals surface area contributed by atoms with Crippen molar-refractivity contribution in [2.75, 3.05) is 6.54 Å². The van der Waals surface area contributed by atoms with Crippen LogP contribution in [0, 0.1) is 12.8 Å². The quantitative estimate of drug-likeness (QED) is 0.841.